The van der Waals surface area contributed by atoms with Gasteiger partial charge in [0.1, 0.15) is 0 Å². The largest absolute Gasteiger partial charge is 0.398 e. The van der Waals surface area contributed by atoms with Crippen LogP contribution in [0.4, 0.5) is 11.4 Å². The van der Waals surface area contributed by atoms with Crippen LogP contribution in [0.2, 0.25) is 0 Å². The van der Waals surface area contributed by atoms with E-state index in [0.717, 1.165) is 33.5 Å². The molecule has 0 aliphatic rings. The maximum atomic E-state index is 5.97. The van der Waals surface area contributed by atoms with Gasteiger partial charge in [0.05, 0.1) is 24.1 Å². The number of aryl methyl sites for hydroxylation is 1. The molecule has 0 spiro atoms. The predicted octanol–water partition coefficient (Wildman–Crippen LogP) is 2.53. The minimum atomic E-state index is 0.612. The normalized spacial score (nSPS) is 10.7. The average Bonchev–Trinajstić information content (AvgIpc) is 2.49. The summed E-state index contributed by atoms with van der Waals surface area (Å²) in [5.74, 6) is 0. The third-order valence-corrected chi connectivity index (χ3v) is 3.15. The first-order chi connectivity index (χ1) is 9.74. The fraction of sp³-hybridized carbons (Fsp3) is 0.133. The number of nitrogens with two attached hydrogens (primary N) is 1. The molecule has 3 N–H and O–H groups in total. The number of benzene rings is 1. The van der Waals surface area contributed by atoms with Gasteiger partial charge < -0.3 is 11.1 Å². The number of pyridine rings is 1. The van der Waals surface area contributed by atoms with Crippen LogP contribution in [0.25, 0.3) is 10.8 Å². The lowest BCUT2D eigenvalue weighted by Crippen LogP contribution is -2.03. The Kier molecular flexibility index (Phi) is 3.16. The van der Waals surface area contributed by atoms with Gasteiger partial charge >= 0.3 is 0 Å². The van der Waals surface area contributed by atoms with Crippen LogP contribution in [0.15, 0.2) is 43.0 Å². The summed E-state index contributed by atoms with van der Waals surface area (Å²) in [5.41, 5.74) is 9.52. The number of nitrogen functional groups attached to an aromatic ring is 1. The van der Waals surface area contributed by atoms with E-state index in [1.54, 1.807) is 18.6 Å². The van der Waals surface area contributed by atoms with Gasteiger partial charge in [0.15, 0.2) is 0 Å². The van der Waals surface area contributed by atoms with Crippen LogP contribution in [-0.2, 0) is 6.54 Å². The topological polar surface area (TPSA) is 76.7 Å². The summed E-state index contributed by atoms with van der Waals surface area (Å²) in [6.07, 6.45) is 7.10. The Bertz CT molecular complexity index is 737. The van der Waals surface area contributed by atoms with E-state index in [-0.39, 0.29) is 0 Å². The highest BCUT2D eigenvalue weighted by Crippen LogP contribution is 2.27. The Balaban J connectivity index is 1.88. The Labute approximate surface area is 116 Å². The number of hydrogen-bond donors (Lipinski definition) is 2. The summed E-state index contributed by atoms with van der Waals surface area (Å²) in [4.78, 5) is 12.7. The molecule has 100 valence electrons. The van der Waals surface area contributed by atoms with E-state index in [9.17, 15) is 0 Å². The first-order valence-electron chi connectivity index (χ1n) is 6.37. The molecule has 0 fully saturated rings. The van der Waals surface area contributed by atoms with Crippen LogP contribution in [0.1, 0.15) is 11.4 Å². The van der Waals surface area contributed by atoms with Gasteiger partial charge in [-0.15, -0.1) is 0 Å². The highest BCUT2D eigenvalue weighted by molar-refractivity contribution is 6.00. The van der Waals surface area contributed by atoms with E-state index >= 15 is 0 Å². The van der Waals surface area contributed by atoms with Gasteiger partial charge in [-0.3, -0.25) is 15.0 Å². The van der Waals surface area contributed by atoms with E-state index in [2.05, 4.69) is 20.3 Å². The van der Waals surface area contributed by atoms with Crippen molar-refractivity contribution in [1.29, 1.82) is 0 Å². The molecular weight excluding hydrogens is 250 g/mol. The van der Waals surface area contributed by atoms with Gasteiger partial charge in [-0.25, -0.2) is 0 Å². The molecule has 0 bridgehead atoms. The van der Waals surface area contributed by atoms with Crippen molar-refractivity contribution in [3.63, 3.8) is 0 Å². The summed E-state index contributed by atoms with van der Waals surface area (Å²) in [5, 5.41) is 5.36. The molecule has 20 heavy (non-hydrogen) atoms. The van der Waals surface area contributed by atoms with Crippen LogP contribution in [0.3, 0.4) is 0 Å². The molecule has 0 unspecified atom stereocenters. The van der Waals surface area contributed by atoms with Crippen LogP contribution >= 0.6 is 0 Å². The highest BCUT2D eigenvalue weighted by Gasteiger charge is 2.04. The maximum Gasteiger partial charge on any atom is 0.0777 e. The third kappa shape index (κ3) is 2.38. The predicted molar refractivity (Wildman–Crippen MR) is 80.3 cm³/mol. The lowest BCUT2D eigenvalue weighted by Gasteiger charge is -2.10. The van der Waals surface area contributed by atoms with Crippen LogP contribution in [0.5, 0.6) is 0 Å². The van der Waals surface area contributed by atoms with Gasteiger partial charge in [0.2, 0.25) is 0 Å². The molecule has 0 radical (unpaired) electrons. The number of anilines is 2. The molecule has 0 aliphatic carbocycles. The number of fused-ring (bicyclic) bond motifs is 1. The maximum absolute atomic E-state index is 5.97. The van der Waals surface area contributed by atoms with Crippen LogP contribution in [0, 0.1) is 6.92 Å². The minimum Gasteiger partial charge on any atom is -0.398 e. The minimum absolute atomic E-state index is 0.612. The second-order valence-corrected chi connectivity index (χ2v) is 4.63. The number of aromatic nitrogens is 3. The number of nitrogens with one attached hydrogen (secondary N) is 1. The summed E-state index contributed by atoms with van der Waals surface area (Å²) >= 11 is 0. The molecule has 3 aromatic rings. The van der Waals surface area contributed by atoms with Crippen molar-refractivity contribution in [1.82, 2.24) is 15.0 Å². The van der Waals surface area contributed by atoms with Gasteiger partial charge in [-0.05, 0) is 25.1 Å². The van der Waals surface area contributed by atoms with Gasteiger partial charge in [0.25, 0.3) is 0 Å². The van der Waals surface area contributed by atoms with Crippen molar-refractivity contribution in [2.24, 2.45) is 0 Å². The van der Waals surface area contributed by atoms with E-state index in [4.69, 9.17) is 5.73 Å². The molecule has 5 heteroatoms. The number of rotatable bonds is 3. The molecular formula is C15H15N5. The zero-order valence-electron chi connectivity index (χ0n) is 11.2. The van der Waals surface area contributed by atoms with Crippen molar-refractivity contribution >= 4 is 22.1 Å². The third-order valence-electron chi connectivity index (χ3n) is 3.15. The summed E-state index contributed by atoms with van der Waals surface area (Å²) in [7, 11) is 0. The first kappa shape index (κ1) is 12.3. The van der Waals surface area contributed by atoms with Gasteiger partial charge in [-0.2, -0.15) is 0 Å². The molecule has 1 aromatic carbocycles. The lowest BCUT2D eigenvalue weighted by atomic mass is 10.1. The fourth-order valence-electron chi connectivity index (χ4n) is 2.06. The Morgan fingerprint density at radius 3 is 2.75 bits per heavy atom. The SMILES string of the molecule is Cc1cnc(CNc2ccc(N)c3ccncc23)cn1. The van der Waals surface area contributed by atoms with E-state index in [1.165, 1.54) is 0 Å². The lowest BCUT2D eigenvalue weighted by molar-refractivity contribution is 0.986. The van der Waals surface area contributed by atoms with Gasteiger partial charge in [0, 0.05) is 40.7 Å². The molecule has 3 rings (SSSR count). The summed E-state index contributed by atoms with van der Waals surface area (Å²) in [6.45, 7) is 2.53. The summed E-state index contributed by atoms with van der Waals surface area (Å²) < 4.78 is 0. The molecule has 0 saturated heterocycles. The quantitative estimate of drug-likeness (QED) is 0.712. The zero-order valence-corrected chi connectivity index (χ0v) is 11.2. The number of hydrogen-bond acceptors (Lipinski definition) is 5. The summed E-state index contributed by atoms with van der Waals surface area (Å²) in [6, 6.07) is 5.77. The average molecular weight is 265 g/mol. The molecule has 5 nitrogen and oxygen atoms in total. The Morgan fingerprint density at radius 1 is 1.05 bits per heavy atom. The highest BCUT2D eigenvalue weighted by atomic mass is 14.9. The second kappa shape index (κ2) is 5.13. The second-order valence-electron chi connectivity index (χ2n) is 4.63. The molecule has 0 aliphatic heterocycles. The van der Waals surface area contributed by atoms with E-state index in [1.807, 2.05) is 31.3 Å². The molecule has 0 saturated carbocycles. The Hall–Kier alpha value is -2.69. The molecule has 0 atom stereocenters. The van der Waals surface area contributed by atoms with Crippen molar-refractivity contribution in [2.75, 3.05) is 11.1 Å². The fourth-order valence-corrected chi connectivity index (χ4v) is 2.06. The van der Waals surface area contributed by atoms with Crippen LogP contribution in [-0.4, -0.2) is 15.0 Å². The van der Waals surface area contributed by atoms with E-state index < -0.39 is 0 Å². The Morgan fingerprint density at radius 2 is 1.95 bits per heavy atom. The molecule has 2 heterocycles. The standard InChI is InChI=1S/C15H15N5/c1-10-6-19-11(7-18-10)8-20-15-3-2-14(16)12-4-5-17-9-13(12)15/h2-7,9,20H,8,16H2,1H3. The first-order valence-corrected chi connectivity index (χ1v) is 6.37. The van der Waals surface area contributed by atoms with Crippen LogP contribution < -0.4 is 11.1 Å². The monoisotopic (exact) mass is 265 g/mol. The molecule has 0 amide bonds. The van der Waals surface area contributed by atoms with E-state index in [0.29, 0.717) is 6.54 Å². The van der Waals surface area contributed by atoms with Crippen molar-refractivity contribution < 1.29 is 0 Å². The number of nitrogens with zero attached hydrogens (tertiary/aromatic N) is 3. The van der Waals surface area contributed by atoms with Crippen molar-refractivity contribution in [3.8, 4) is 0 Å². The van der Waals surface area contributed by atoms with Gasteiger partial charge in [-0.1, -0.05) is 0 Å². The van der Waals surface area contributed by atoms with Crippen molar-refractivity contribution in [3.05, 3.63) is 54.4 Å². The molecule has 2 aromatic heterocycles. The smallest absolute Gasteiger partial charge is 0.0777 e. The van der Waals surface area contributed by atoms with Crippen molar-refractivity contribution in [2.45, 2.75) is 13.5 Å². The zero-order chi connectivity index (χ0) is 13.9.